The lowest BCUT2D eigenvalue weighted by Crippen LogP contribution is -2.62. The number of ether oxygens (including phenoxy) is 2. The highest BCUT2D eigenvalue weighted by Gasteiger charge is 2.64. The van der Waals surface area contributed by atoms with E-state index in [9.17, 15) is 19.5 Å². The average Bonchev–Trinajstić information content (AvgIpc) is 2.94. The molecule has 2 fully saturated rings. The van der Waals surface area contributed by atoms with E-state index in [0.29, 0.717) is 11.4 Å². The van der Waals surface area contributed by atoms with Crippen molar-refractivity contribution in [3.05, 3.63) is 46.7 Å². The fourth-order valence-electron chi connectivity index (χ4n) is 4.03. The Kier molecular flexibility index (Phi) is 7.02. The molecule has 0 spiro atoms. The molecule has 1 aromatic rings. The number of hydrogen-bond donors (Lipinski definition) is 1. The van der Waals surface area contributed by atoms with Gasteiger partial charge < -0.3 is 14.6 Å². The molecule has 2 heterocycles. The molecular weight excluding hydrogens is 410 g/mol. The quantitative estimate of drug-likeness (QED) is 0.342. The molecule has 1 amide bonds. The molecule has 1 aromatic carbocycles. The number of carbonyl (C=O) groups is 3. The summed E-state index contributed by atoms with van der Waals surface area (Å²) >= 11 is 5.90. The number of rotatable bonds is 10. The van der Waals surface area contributed by atoms with Crippen LogP contribution in [-0.4, -0.2) is 46.2 Å². The number of carbonyl (C=O) groups excluding carboxylic acids is 2. The molecule has 0 radical (unpaired) electrons. The number of hydrogen-bond acceptors (Lipinski definition) is 5. The third-order valence-corrected chi connectivity index (χ3v) is 5.82. The number of β-lactam (4-membered cyclic amide) rings is 1. The van der Waals surface area contributed by atoms with Gasteiger partial charge in [0.05, 0.1) is 6.42 Å². The van der Waals surface area contributed by atoms with E-state index in [1.807, 2.05) is 24.3 Å². The standard InChI is InChI=1S/C22H26ClNO6/c1-15(25)29-13-11-18-22(21(27)28,24-19(26)14-20(24)30-18)12-5-3-2-4-6-16-7-9-17(23)10-8-16/h7-11,20H,2-6,12-14H2,1H3,(H,27,28)/b18-11-/t20-,22-/m1/s1. The van der Waals surface area contributed by atoms with Crippen LogP contribution in [0, 0.1) is 0 Å². The zero-order valence-electron chi connectivity index (χ0n) is 16.9. The first-order chi connectivity index (χ1) is 14.3. The van der Waals surface area contributed by atoms with E-state index in [2.05, 4.69) is 0 Å². The van der Waals surface area contributed by atoms with Crippen molar-refractivity contribution in [1.82, 2.24) is 4.90 Å². The van der Waals surface area contributed by atoms with E-state index in [4.69, 9.17) is 21.1 Å². The summed E-state index contributed by atoms with van der Waals surface area (Å²) in [6, 6.07) is 7.76. The van der Waals surface area contributed by atoms with Crippen LogP contribution in [0.3, 0.4) is 0 Å². The number of esters is 1. The molecule has 0 aromatic heterocycles. The minimum atomic E-state index is -1.52. The maximum atomic E-state index is 12.3. The molecule has 2 atom stereocenters. The number of nitrogens with zero attached hydrogens (tertiary/aromatic N) is 1. The van der Waals surface area contributed by atoms with Gasteiger partial charge in [-0.25, -0.2) is 4.79 Å². The second kappa shape index (κ2) is 9.51. The molecule has 2 saturated heterocycles. The summed E-state index contributed by atoms with van der Waals surface area (Å²) in [6.45, 7) is 1.19. The van der Waals surface area contributed by atoms with Crippen LogP contribution in [0.25, 0.3) is 0 Å². The Balaban J connectivity index is 1.57. The van der Waals surface area contributed by atoms with Gasteiger partial charge in [-0.3, -0.25) is 14.5 Å². The molecule has 0 bridgehead atoms. The van der Waals surface area contributed by atoms with E-state index in [0.717, 1.165) is 25.7 Å². The first-order valence-electron chi connectivity index (χ1n) is 10.2. The number of unbranched alkanes of at least 4 members (excludes halogenated alkanes) is 3. The molecule has 8 heteroatoms. The van der Waals surface area contributed by atoms with Crippen molar-refractivity contribution < 1.29 is 29.0 Å². The fraction of sp³-hybridized carbons (Fsp3) is 0.500. The Hall–Kier alpha value is -2.54. The van der Waals surface area contributed by atoms with E-state index in [1.165, 1.54) is 23.5 Å². The SMILES string of the molecule is CC(=O)OC/C=C1\O[C@@H]2CC(=O)N2[C@@]1(CCCCCCc1ccc(Cl)cc1)C(=O)O. The van der Waals surface area contributed by atoms with Crippen LogP contribution in [-0.2, 0) is 30.3 Å². The molecule has 30 heavy (non-hydrogen) atoms. The predicted octanol–water partition coefficient (Wildman–Crippen LogP) is 3.69. The number of carboxylic acids is 1. The highest BCUT2D eigenvalue weighted by molar-refractivity contribution is 6.30. The number of fused-ring (bicyclic) bond motifs is 1. The second-order valence-electron chi connectivity index (χ2n) is 7.62. The lowest BCUT2D eigenvalue weighted by atomic mass is 9.86. The lowest BCUT2D eigenvalue weighted by Gasteiger charge is -2.40. The molecule has 2 aliphatic heterocycles. The molecule has 7 nitrogen and oxygen atoms in total. The van der Waals surface area contributed by atoms with Gasteiger partial charge >= 0.3 is 11.9 Å². The maximum absolute atomic E-state index is 12.3. The summed E-state index contributed by atoms with van der Waals surface area (Å²) in [5.74, 6) is -1.63. The first kappa shape index (κ1) is 22.2. The Morgan fingerprint density at radius 2 is 1.97 bits per heavy atom. The molecule has 0 aliphatic carbocycles. The van der Waals surface area contributed by atoms with Crippen molar-refractivity contribution in [2.75, 3.05) is 6.61 Å². The van der Waals surface area contributed by atoms with E-state index in [-0.39, 0.29) is 31.1 Å². The van der Waals surface area contributed by atoms with Crippen molar-refractivity contribution in [3.63, 3.8) is 0 Å². The summed E-state index contributed by atoms with van der Waals surface area (Å²) in [5, 5.41) is 10.7. The van der Waals surface area contributed by atoms with E-state index in [1.54, 1.807) is 0 Å². The van der Waals surface area contributed by atoms with Crippen LogP contribution in [0.2, 0.25) is 5.02 Å². The van der Waals surface area contributed by atoms with Gasteiger partial charge in [0.1, 0.15) is 12.4 Å². The largest absolute Gasteiger partial charge is 0.479 e. The normalized spacial score (nSPS) is 23.7. The minimum Gasteiger partial charge on any atom is -0.479 e. The van der Waals surface area contributed by atoms with Gasteiger partial charge in [-0.05, 0) is 43.0 Å². The van der Waals surface area contributed by atoms with E-state index < -0.39 is 23.7 Å². The van der Waals surface area contributed by atoms with Crippen LogP contribution >= 0.6 is 11.6 Å². The summed E-state index contributed by atoms with van der Waals surface area (Å²) in [7, 11) is 0. The average molecular weight is 436 g/mol. The van der Waals surface area contributed by atoms with Gasteiger partial charge in [0, 0.05) is 11.9 Å². The Bertz CT molecular complexity index is 837. The molecule has 0 unspecified atom stereocenters. The minimum absolute atomic E-state index is 0.0878. The summed E-state index contributed by atoms with van der Waals surface area (Å²) in [4.78, 5) is 36.7. The number of benzene rings is 1. The first-order valence-corrected chi connectivity index (χ1v) is 10.5. The summed E-state index contributed by atoms with van der Waals surface area (Å²) in [5.41, 5.74) is -0.300. The van der Waals surface area contributed by atoms with Crippen LogP contribution in [0.15, 0.2) is 36.1 Å². The molecule has 0 saturated carbocycles. The number of halogens is 1. The lowest BCUT2D eigenvalue weighted by molar-refractivity contribution is -0.171. The van der Waals surface area contributed by atoms with Crippen molar-refractivity contribution in [2.24, 2.45) is 0 Å². The number of aryl methyl sites for hydroxylation is 1. The van der Waals surface area contributed by atoms with Gasteiger partial charge in [0.2, 0.25) is 11.4 Å². The Labute approximate surface area is 180 Å². The van der Waals surface area contributed by atoms with Gasteiger partial charge in [-0.1, -0.05) is 43.0 Å². The van der Waals surface area contributed by atoms with Crippen LogP contribution in [0.5, 0.6) is 0 Å². The van der Waals surface area contributed by atoms with Crippen molar-refractivity contribution in [3.8, 4) is 0 Å². The second-order valence-corrected chi connectivity index (χ2v) is 8.05. The Morgan fingerprint density at radius 1 is 1.27 bits per heavy atom. The fourth-order valence-corrected chi connectivity index (χ4v) is 4.15. The van der Waals surface area contributed by atoms with Crippen LogP contribution in [0.1, 0.15) is 51.0 Å². The molecular formula is C22H26ClNO6. The van der Waals surface area contributed by atoms with E-state index >= 15 is 0 Å². The topological polar surface area (TPSA) is 93.1 Å². The van der Waals surface area contributed by atoms with Gasteiger partial charge in [0.25, 0.3) is 0 Å². The van der Waals surface area contributed by atoms with Crippen molar-refractivity contribution in [2.45, 2.75) is 63.6 Å². The van der Waals surface area contributed by atoms with Crippen LogP contribution < -0.4 is 0 Å². The van der Waals surface area contributed by atoms with Gasteiger partial charge in [0.15, 0.2) is 6.23 Å². The summed E-state index contributed by atoms with van der Waals surface area (Å²) in [6.07, 6.45) is 5.68. The van der Waals surface area contributed by atoms with Crippen molar-refractivity contribution in [1.29, 1.82) is 0 Å². The predicted molar refractivity (Wildman–Crippen MR) is 110 cm³/mol. The highest BCUT2D eigenvalue weighted by atomic mass is 35.5. The van der Waals surface area contributed by atoms with Gasteiger partial charge in [-0.2, -0.15) is 0 Å². The smallest absolute Gasteiger partial charge is 0.337 e. The van der Waals surface area contributed by atoms with Gasteiger partial charge in [-0.15, -0.1) is 0 Å². The third-order valence-electron chi connectivity index (χ3n) is 5.56. The summed E-state index contributed by atoms with van der Waals surface area (Å²) < 4.78 is 10.6. The third kappa shape index (κ3) is 4.61. The zero-order valence-corrected chi connectivity index (χ0v) is 17.7. The molecule has 3 rings (SSSR count). The Morgan fingerprint density at radius 3 is 2.60 bits per heavy atom. The number of amides is 1. The molecule has 162 valence electrons. The monoisotopic (exact) mass is 435 g/mol. The number of carboxylic acid groups (broad SMARTS) is 1. The highest BCUT2D eigenvalue weighted by Crippen LogP contribution is 2.47. The molecule has 2 aliphatic rings. The van der Waals surface area contributed by atoms with Crippen LogP contribution in [0.4, 0.5) is 0 Å². The number of aliphatic carboxylic acids is 1. The maximum Gasteiger partial charge on any atom is 0.337 e. The van der Waals surface area contributed by atoms with Crippen molar-refractivity contribution >= 4 is 29.4 Å². The zero-order chi connectivity index (χ0) is 21.7. The molecule has 1 N–H and O–H groups in total.